The Hall–Kier alpha value is -4.22. The number of ether oxygens (including phenoxy) is 2. The zero-order valence-electron chi connectivity index (χ0n) is 24.7. The Bertz CT molecular complexity index is 1320. The molecule has 5 heteroatoms. The third-order valence-electron chi connectivity index (χ3n) is 7.49. The zero-order chi connectivity index (χ0) is 29.6. The molecule has 0 N–H and O–H groups in total. The van der Waals surface area contributed by atoms with Gasteiger partial charge in [0.05, 0.1) is 25.7 Å². The lowest BCUT2D eigenvalue weighted by Gasteiger charge is -2.32. The van der Waals surface area contributed by atoms with E-state index in [0.717, 1.165) is 35.1 Å². The largest absolute Gasteiger partial charge is 0.497 e. The number of ketones is 1. The Morgan fingerprint density at radius 3 is 1.74 bits per heavy atom. The van der Waals surface area contributed by atoms with Crippen molar-refractivity contribution in [2.24, 2.45) is 0 Å². The van der Waals surface area contributed by atoms with Crippen LogP contribution in [0.3, 0.4) is 0 Å². The molecule has 0 amide bonds. The summed E-state index contributed by atoms with van der Waals surface area (Å²) in [5.41, 5.74) is 4.09. The number of carbonyl (C=O) groups is 2. The van der Waals surface area contributed by atoms with Crippen LogP contribution in [0.5, 0.6) is 5.75 Å². The molecule has 0 radical (unpaired) electrons. The molecule has 4 rings (SSSR count). The van der Waals surface area contributed by atoms with E-state index >= 15 is 0 Å². The number of carbonyl (C=O) groups excluding carboxylic acids is 2. The van der Waals surface area contributed by atoms with Gasteiger partial charge in [0.1, 0.15) is 5.75 Å². The summed E-state index contributed by atoms with van der Waals surface area (Å²) < 4.78 is 11.0. The number of unbranched alkanes of at least 4 members (excludes halogenated alkanes) is 1. The zero-order valence-corrected chi connectivity index (χ0v) is 24.7. The molecule has 0 aliphatic heterocycles. The van der Waals surface area contributed by atoms with E-state index in [4.69, 9.17) is 9.47 Å². The van der Waals surface area contributed by atoms with Gasteiger partial charge in [-0.3, -0.25) is 14.5 Å². The molecule has 0 spiro atoms. The van der Waals surface area contributed by atoms with Crippen molar-refractivity contribution in [2.75, 3.05) is 13.7 Å². The van der Waals surface area contributed by atoms with Gasteiger partial charge in [-0.1, -0.05) is 116 Å². The number of benzene rings is 4. The van der Waals surface area contributed by atoms with E-state index in [9.17, 15) is 9.59 Å². The molecule has 0 bridgehead atoms. The summed E-state index contributed by atoms with van der Waals surface area (Å²) in [6.07, 6.45) is 2.30. The maximum atomic E-state index is 14.4. The number of nitrogens with zero attached hydrogens (tertiary/aromatic N) is 1. The van der Waals surface area contributed by atoms with Gasteiger partial charge < -0.3 is 9.47 Å². The van der Waals surface area contributed by atoms with E-state index in [0.29, 0.717) is 31.9 Å². The highest BCUT2D eigenvalue weighted by atomic mass is 16.5. The second-order valence-corrected chi connectivity index (χ2v) is 10.6. The third kappa shape index (κ3) is 9.15. The van der Waals surface area contributed by atoms with Crippen LogP contribution in [0.1, 0.15) is 54.4 Å². The van der Waals surface area contributed by atoms with Crippen LogP contribution in [-0.2, 0) is 33.8 Å². The number of hydrogen-bond acceptors (Lipinski definition) is 5. The van der Waals surface area contributed by atoms with Crippen LogP contribution in [0.25, 0.3) is 0 Å². The smallest absolute Gasteiger partial charge is 0.313 e. The maximum Gasteiger partial charge on any atom is 0.313 e. The Balaban J connectivity index is 1.68. The van der Waals surface area contributed by atoms with Gasteiger partial charge in [0.2, 0.25) is 0 Å². The number of methoxy groups -OCH3 is 1. The van der Waals surface area contributed by atoms with Gasteiger partial charge in [-0.25, -0.2) is 0 Å². The van der Waals surface area contributed by atoms with Crippen molar-refractivity contribution < 1.29 is 19.1 Å². The maximum absolute atomic E-state index is 14.4. The quantitative estimate of drug-likeness (QED) is 0.105. The minimum absolute atomic E-state index is 0.0129. The average Bonchev–Trinajstić information content (AvgIpc) is 3.03. The number of esters is 1. The first-order chi connectivity index (χ1) is 20.6. The van der Waals surface area contributed by atoms with E-state index in [1.165, 1.54) is 0 Å². The molecule has 5 nitrogen and oxygen atoms in total. The normalized spacial score (nSPS) is 12.5. The summed E-state index contributed by atoms with van der Waals surface area (Å²) in [4.78, 5) is 30.1. The first kappa shape index (κ1) is 30.7. The molecule has 0 aliphatic rings. The van der Waals surface area contributed by atoms with Gasteiger partial charge in [0.15, 0.2) is 5.78 Å². The van der Waals surface area contributed by atoms with Crippen LogP contribution in [0, 0.1) is 0 Å². The fourth-order valence-electron chi connectivity index (χ4n) is 5.12. The standard InChI is InChI=1S/C37H41NO4/c1-3-4-24-42-37(40)34(32-20-22-33(41-2)23-21-32)26-36(39)35(25-29-14-8-5-9-15-29)38(27-30-16-10-6-11-17-30)28-31-18-12-7-13-19-31/h5-23,34-35H,3-4,24-28H2,1-2H3/t34-,35+/m1/s1. The minimum atomic E-state index is -0.700. The molecule has 0 heterocycles. The average molecular weight is 564 g/mol. The molecule has 42 heavy (non-hydrogen) atoms. The highest BCUT2D eigenvalue weighted by Gasteiger charge is 2.32. The van der Waals surface area contributed by atoms with Crippen LogP contribution in [0.2, 0.25) is 0 Å². The van der Waals surface area contributed by atoms with E-state index in [2.05, 4.69) is 48.2 Å². The number of hydrogen-bond donors (Lipinski definition) is 0. The second-order valence-electron chi connectivity index (χ2n) is 10.6. The van der Waals surface area contributed by atoms with E-state index in [1.807, 2.05) is 78.9 Å². The molecular formula is C37H41NO4. The van der Waals surface area contributed by atoms with Crippen LogP contribution in [0.4, 0.5) is 0 Å². The van der Waals surface area contributed by atoms with Crippen molar-refractivity contribution in [3.8, 4) is 5.75 Å². The molecule has 0 aromatic heterocycles. The summed E-state index contributed by atoms with van der Waals surface area (Å²) in [6.45, 7) is 3.61. The lowest BCUT2D eigenvalue weighted by Crippen LogP contribution is -2.43. The molecule has 4 aromatic rings. The summed E-state index contributed by atoms with van der Waals surface area (Å²) in [7, 11) is 1.61. The van der Waals surface area contributed by atoms with Gasteiger partial charge in [0, 0.05) is 19.5 Å². The predicted octanol–water partition coefficient (Wildman–Crippen LogP) is 7.40. The summed E-state index contributed by atoms with van der Waals surface area (Å²) in [6, 6.07) is 37.5. The molecular weight excluding hydrogens is 522 g/mol. The number of Topliss-reactive ketones (excluding diaryl/α,β-unsaturated/α-hetero) is 1. The highest BCUT2D eigenvalue weighted by Crippen LogP contribution is 2.27. The summed E-state index contributed by atoms with van der Waals surface area (Å²) in [5, 5.41) is 0. The monoisotopic (exact) mass is 563 g/mol. The molecule has 0 unspecified atom stereocenters. The van der Waals surface area contributed by atoms with Gasteiger partial charge in [-0.15, -0.1) is 0 Å². The Morgan fingerprint density at radius 2 is 1.24 bits per heavy atom. The van der Waals surface area contributed by atoms with Crippen molar-refractivity contribution in [3.63, 3.8) is 0 Å². The predicted molar refractivity (Wildman–Crippen MR) is 167 cm³/mol. The molecule has 0 saturated heterocycles. The van der Waals surface area contributed by atoms with Crippen LogP contribution in [0.15, 0.2) is 115 Å². The summed E-state index contributed by atoms with van der Waals surface area (Å²) in [5.74, 6) is -0.354. The Kier molecular flexibility index (Phi) is 11.9. The van der Waals surface area contributed by atoms with Gasteiger partial charge in [-0.2, -0.15) is 0 Å². The van der Waals surface area contributed by atoms with Crippen molar-refractivity contribution in [3.05, 3.63) is 138 Å². The molecule has 4 aromatic carbocycles. The molecule has 218 valence electrons. The topological polar surface area (TPSA) is 55.8 Å². The number of rotatable bonds is 16. The van der Waals surface area contributed by atoms with Crippen molar-refractivity contribution >= 4 is 11.8 Å². The lowest BCUT2D eigenvalue weighted by atomic mass is 9.88. The van der Waals surface area contributed by atoms with Crippen LogP contribution < -0.4 is 4.74 Å². The van der Waals surface area contributed by atoms with Crippen LogP contribution >= 0.6 is 0 Å². The molecule has 0 saturated carbocycles. The molecule has 0 aliphatic carbocycles. The summed E-state index contributed by atoms with van der Waals surface area (Å²) >= 11 is 0. The molecule has 2 atom stereocenters. The fraction of sp³-hybridized carbons (Fsp3) is 0.297. The minimum Gasteiger partial charge on any atom is -0.497 e. The highest BCUT2D eigenvalue weighted by molar-refractivity contribution is 5.91. The second kappa shape index (κ2) is 16.3. The van der Waals surface area contributed by atoms with Crippen molar-refractivity contribution in [1.82, 2.24) is 4.90 Å². The Labute approximate surface area is 250 Å². The first-order valence-corrected chi connectivity index (χ1v) is 14.8. The van der Waals surface area contributed by atoms with E-state index in [-0.39, 0.29) is 18.2 Å². The van der Waals surface area contributed by atoms with Crippen LogP contribution in [-0.4, -0.2) is 36.4 Å². The fourth-order valence-corrected chi connectivity index (χ4v) is 5.12. The van der Waals surface area contributed by atoms with Gasteiger partial charge in [0.25, 0.3) is 0 Å². The van der Waals surface area contributed by atoms with E-state index < -0.39 is 12.0 Å². The molecule has 0 fully saturated rings. The third-order valence-corrected chi connectivity index (χ3v) is 7.49. The van der Waals surface area contributed by atoms with Crippen molar-refractivity contribution in [2.45, 2.75) is 57.7 Å². The van der Waals surface area contributed by atoms with Gasteiger partial charge >= 0.3 is 5.97 Å². The first-order valence-electron chi connectivity index (χ1n) is 14.8. The van der Waals surface area contributed by atoms with E-state index in [1.54, 1.807) is 7.11 Å². The Morgan fingerprint density at radius 1 is 0.714 bits per heavy atom. The van der Waals surface area contributed by atoms with Crippen molar-refractivity contribution in [1.29, 1.82) is 0 Å². The van der Waals surface area contributed by atoms with Gasteiger partial charge in [-0.05, 0) is 47.2 Å². The lowest BCUT2D eigenvalue weighted by molar-refractivity contribution is -0.147. The SMILES string of the molecule is CCCCOC(=O)[C@H](CC(=O)[C@H](Cc1ccccc1)N(Cc1ccccc1)Cc1ccccc1)c1ccc(OC)cc1.